The lowest BCUT2D eigenvalue weighted by molar-refractivity contribution is -0.0598. The molecule has 1 aliphatic heterocycles. The lowest BCUT2D eigenvalue weighted by Crippen LogP contribution is -2.52. The number of amides is 1. The Morgan fingerprint density at radius 3 is 2.73 bits per heavy atom. The van der Waals surface area contributed by atoms with Crippen molar-refractivity contribution in [2.24, 2.45) is 0 Å². The molecule has 1 atom stereocenters. The zero-order chi connectivity index (χ0) is 15.6. The minimum absolute atomic E-state index is 0.122. The van der Waals surface area contributed by atoms with E-state index >= 15 is 0 Å². The highest BCUT2D eigenvalue weighted by Crippen LogP contribution is 2.23. The minimum atomic E-state index is -1.18. The molecule has 6 heteroatoms. The van der Waals surface area contributed by atoms with Crippen LogP contribution in [-0.2, 0) is 0 Å². The zero-order valence-corrected chi connectivity index (χ0v) is 12.2. The topological polar surface area (TPSA) is 89.5 Å². The number of aromatic nitrogens is 2. The maximum atomic E-state index is 12.5. The molecule has 1 fully saturated rings. The Labute approximate surface area is 128 Å². The van der Waals surface area contributed by atoms with Crippen molar-refractivity contribution in [3.63, 3.8) is 0 Å². The third-order valence-electron chi connectivity index (χ3n) is 4.08. The number of likely N-dealkylation sites (tertiary alicyclic amines) is 1. The van der Waals surface area contributed by atoms with Crippen LogP contribution in [0.3, 0.4) is 0 Å². The number of rotatable bonds is 3. The maximum absolute atomic E-state index is 12.5. The SMILES string of the molecule is O=C(c1ccc(-c2ccn[nH]2)cc1)N1CCC[C@@](O)(CO)C1. The van der Waals surface area contributed by atoms with Crippen molar-refractivity contribution < 1.29 is 15.0 Å². The number of carbonyl (C=O) groups is 1. The molecule has 0 spiro atoms. The van der Waals surface area contributed by atoms with Gasteiger partial charge in [0.25, 0.3) is 5.91 Å². The summed E-state index contributed by atoms with van der Waals surface area (Å²) < 4.78 is 0. The standard InChI is InChI=1S/C16H19N3O3/c20-11-16(22)7-1-9-19(10-16)15(21)13-4-2-12(3-5-13)14-6-8-17-18-14/h2-6,8,20,22H,1,7,9-11H2,(H,17,18)/t16-/m0/s1. The first-order chi connectivity index (χ1) is 10.6. The molecule has 22 heavy (non-hydrogen) atoms. The molecular formula is C16H19N3O3. The molecule has 0 aliphatic carbocycles. The molecule has 2 aromatic rings. The Balaban J connectivity index is 1.75. The molecule has 0 radical (unpaired) electrons. The molecule has 0 saturated carbocycles. The molecule has 116 valence electrons. The lowest BCUT2D eigenvalue weighted by atomic mass is 9.93. The summed E-state index contributed by atoms with van der Waals surface area (Å²) >= 11 is 0. The Morgan fingerprint density at radius 2 is 2.09 bits per heavy atom. The van der Waals surface area contributed by atoms with E-state index in [1.165, 1.54) is 0 Å². The molecule has 3 N–H and O–H groups in total. The summed E-state index contributed by atoms with van der Waals surface area (Å²) in [6, 6.07) is 9.13. The zero-order valence-electron chi connectivity index (χ0n) is 12.2. The van der Waals surface area contributed by atoms with Gasteiger partial charge in [-0.15, -0.1) is 0 Å². The normalized spacial score (nSPS) is 21.8. The van der Waals surface area contributed by atoms with Crippen molar-refractivity contribution in [2.75, 3.05) is 19.7 Å². The molecule has 3 rings (SSSR count). The second kappa shape index (κ2) is 5.90. The Bertz CT molecular complexity index is 639. The van der Waals surface area contributed by atoms with Gasteiger partial charge in [0, 0.05) is 18.3 Å². The van der Waals surface area contributed by atoms with E-state index in [1.54, 1.807) is 23.2 Å². The average Bonchev–Trinajstić information content (AvgIpc) is 3.09. The fourth-order valence-corrected chi connectivity index (χ4v) is 2.81. The van der Waals surface area contributed by atoms with Gasteiger partial charge in [0.15, 0.2) is 0 Å². The highest BCUT2D eigenvalue weighted by Gasteiger charge is 2.34. The number of hydrogen-bond acceptors (Lipinski definition) is 4. The van der Waals surface area contributed by atoms with Crippen molar-refractivity contribution >= 4 is 5.91 Å². The molecule has 0 bridgehead atoms. The molecule has 1 aliphatic rings. The van der Waals surface area contributed by atoms with E-state index in [2.05, 4.69) is 10.2 Å². The van der Waals surface area contributed by atoms with Crippen LogP contribution >= 0.6 is 0 Å². The van der Waals surface area contributed by atoms with Crippen LogP contribution in [0.5, 0.6) is 0 Å². The van der Waals surface area contributed by atoms with Gasteiger partial charge >= 0.3 is 0 Å². The number of nitrogens with one attached hydrogen (secondary N) is 1. The summed E-state index contributed by atoms with van der Waals surface area (Å²) in [4.78, 5) is 14.1. The van der Waals surface area contributed by atoms with Crippen molar-refractivity contribution in [2.45, 2.75) is 18.4 Å². The summed E-state index contributed by atoms with van der Waals surface area (Å²) in [5.41, 5.74) is 1.25. The quantitative estimate of drug-likeness (QED) is 0.790. The third kappa shape index (κ3) is 2.88. The van der Waals surface area contributed by atoms with Crippen LogP contribution in [0.1, 0.15) is 23.2 Å². The second-order valence-electron chi connectivity index (χ2n) is 5.76. The van der Waals surface area contributed by atoms with E-state index in [0.29, 0.717) is 24.9 Å². The van der Waals surface area contributed by atoms with Crippen LogP contribution in [0.4, 0.5) is 0 Å². The van der Waals surface area contributed by atoms with Crippen molar-refractivity contribution in [1.29, 1.82) is 0 Å². The predicted octanol–water partition coefficient (Wildman–Crippen LogP) is 1.04. The number of piperidine rings is 1. The smallest absolute Gasteiger partial charge is 0.253 e. The van der Waals surface area contributed by atoms with Crippen LogP contribution in [0, 0.1) is 0 Å². The van der Waals surface area contributed by atoms with Crippen LogP contribution in [-0.4, -0.2) is 56.5 Å². The molecule has 1 amide bonds. The van der Waals surface area contributed by atoms with Gasteiger partial charge in [-0.3, -0.25) is 9.89 Å². The van der Waals surface area contributed by atoms with E-state index < -0.39 is 5.60 Å². The number of aliphatic hydroxyl groups excluding tert-OH is 1. The summed E-state index contributed by atoms with van der Waals surface area (Å²) in [6.45, 7) is 0.448. The van der Waals surface area contributed by atoms with Gasteiger partial charge in [0.05, 0.1) is 18.8 Å². The predicted molar refractivity (Wildman–Crippen MR) is 81.2 cm³/mol. The van der Waals surface area contributed by atoms with Gasteiger partial charge in [-0.2, -0.15) is 5.10 Å². The Morgan fingerprint density at radius 1 is 1.32 bits per heavy atom. The van der Waals surface area contributed by atoms with Crippen molar-refractivity contribution in [3.8, 4) is 11.3 Å². The minimum Gasteiger partial charge on any atom is -0.393 e. The van der Waals surface area contributed by atoms with E-state index in [9.17, 15) is 15.0 Å². The summed E-state index contributed by atoms with van der Waals surface area (Å²) in [5, 5.41) is 26.2. The van der Waals surface area contributed by atoms with Gasteiger partial charge in [-0.05, 0) is 36.6 Å². The number of H-pyrrole nitrogens is 1. The lowest BCUT2D eigenvalue weighted by Gasteiger charge is -2.38. The molecule has 2 heterocycles. The molecule has 6 nitrogen and oxygen atoms in total. The summed E-state index contributed by atoms with van der Waals surface area (Å²) in [6.07, 6.45) is 2.89. The van der Waals surface area contributed by atoms with Crippen molar-refractivity contribution in [1.82, 2.24) is 15.1 Å². The van der Waals surface area contributed by atoms with E-state index in [0.717, 1.165) is 11.3 Å². The van der Waals surface area contributed by atoms with E-state index in [-0.39, 0.29) is 19.1 Å². The summed E-state index contributed by atoms with van der Waals surface area (Å²) in [5.74, 6) is -0.122. The first-order valence-corrected chi connectivity index (χ1v) is 7.34. The second-order valence-corrected chi connectivity index (χ2v) is 5.76. The number of nitrogens with zero attached hydrogens (tertiary/aromatic N) is 2. The third-order valence-corrected chi connectivity index (χ3v) is 4.08. The number of benzene rings is 1. The average molecular weight is 301 g/mol. The monoisotopic (exact) mass is 301 g/mol. The van der Waals surface area contributed by atoms with Gasteiger partial charge in [-0.1, -0.05) is 12.1 Å². The highest BCUT2D eigenvalue weighted by atomic mass is 16.3. The van der Waals surface area contributed by atoms with Gasteiger partial charge in [0.2, 0.25) is 0 Å². The number of β-amino-alcohol motifs (C(OH)–C–C–N with tert-alkyl or cyclic N) is 1. The maximum Gasteiger partial charge on any atom is 0.253 e. The van der Waals surface area contributed by atoms with Crippen molar-refractivity contribution in [3.05, 3.63) is 42.1 Å². The largest absolute Gasteiger partial charge is 0.393 e. The van der Waals surface area contributed by atoms with E-state index in [4.69, 9.17) is 0 Å². The number of carbonyl (C=O) groups excluding carboxylic acids is 1. The van der Waals surface area contributed by atoms with Crippen LogP contribution in [0.25, 0.3) is 11.3 Å². The molecular weight excluding hydrogens is 282 g/mol. The van der Waals surface area contributed by atoms with Crippen LogP contribution in [0.15, 0.2) is 36.5 Å². The molecule has 0 unspecified atom stereocenters. The highest BCUT2D eigenvalue weighted by molar-refractivity contribution is 5.94. The van der Waals surface area contributed by atoms with Gasteiger partial charge in [0.1, 0.15) is 5.60 Å². The first kappa shape index (κ1) is 14.7. The van der Waals surface area contributed by atoms with E-state index in [1.807, 2.05) is 18.2 Å². The number of aromatic amines is 1. The fraction of sp³-hybridized carbons (Fsp3) is 0.375. The Hall–Kier alpha value is -2.18. The Kier molecular flexibility index (Phi) is 3.96. The molecule has 1 saturated heterocycles. The molecule has 1 aromatic carbocycles. The summed E-state index contributed by atoms with van der Waals surface area (Å²) in [7, 11) is 0. The fourth-order valence-electron chi connectivity index (χ4n) is 2.81. The van der Waals surface area contributed by atoms with Crippen LogP contribution in [0.2, 0.25) is 0 Å². The van der Waals surface area contributed by atoms with Gasteiger partial charge < -0.3 is 15.1 Å². The van der Waals surface area contributed by atoms with Crippen LogP contribution < -0.4 is 0 Å². The number of aliphatic hydroxyl groups is 2. The molecule has 1 aromatic heterocycles. The number of hydrogen-bond donors (Lipinski definition) is 3. The van der Waals surface area contributed by atoms with Gasteiger partial charge in [-0.25, -0.2) is 0 Å². The first-order valence-electron chi connectivity index (χ1n) is 7.34.